The third-order valence-corrected chi connectivity index (χ3v) is 9.62. The summed E-state index contributed by atoms with van der Waals surface area (Å²) in [6.45, 7) is -1.07. The number of alkyl halides is 2. The second kappa shape index (κ2) is 9.01. The van der Waals surface area contributed by atoms with Gasteiger partial charge in [0.15, 0.2) is 6.61 Å². The highest BCUT2D eigenvalue weighted by Gasteiger charge is 2.66. The standard InChI is InChI=1S/C21H22Br2N2O7/c1-30-9-3-4-13(31-2)12(5-9)24-14(26)8-32-15(27)7-25-20(28)16-10-6-11(17(16)21(25)29)19(23)18(10)22/h3-5,10-11,16-19H,6-8H2,1-2H3,(H,24,26)/t10-,11-,16-,17+,18-,19+/m1/s1. The monoisotopic (exact) mass is 572 g/mol. The summed E-state index contributed by atoms with van der Waals surface area (Å²) in [6, 6.07) is 4.88. The van der Waals surface area contributed by atoms with Crippen LogP contribution in [0.25, 0.3) is 0 Å². The average molecular weight is 574 g/mol. The van der Waals surface area contributed by atoms with Crippen LogP contribution in [0, 0.1) is 23.7 Å². The number of anilines is 1. The van der Waals surface area contributed by atoms with Gasteiger partial charge >= 0.3 is 5.97 Å². The zero-order chi connectivity index (χ0) is 23.2. The third-order valence-electron chi connectivity index (χ3n) is 6.41. The zero-order valence-corrected chi connectivity index (χ0v) is 20.6. The first-order valence-electron chi connectivity index (χ1n) is 10.1. The number of hydrogen-bond donors (Lipinski definition) is 1. The fraction of sp³-hybridized carbons (Fsp3) is 0.524. The van der Waals surface area contributed by atoms with Gasteiger partial charge in [0.05, 0.1) is 31.7 Å². The van der Waals surface area contributed by atoms with Crippen molar-refractivity contribution in [2.75, 3.05) is 32.7 Å². The van der Waals surface area contributed by atoms with E-state index in [1.54, 1.807) is 18.2 Å². The number of halogens is 2. The number of hydrogen-bond acceptors (Lipinski definition) is 7. The van der Waals surface area contributed by atoms with Crippen molar-refractivity contribution >= 4 is 61.2 Å². The van der Waals surface area contributed by atoms with Gasteiger partial charge in [0.25, 0.3) is 5.91 Å². The molecule has 6 atom stereocenters. The molecule has 11 heteroatoms. The fourth-order valence-electron chi connectivity index (χ4n) is 4.99. The number of imide groups is 1. The smallest absolute Gasteiger partial charge is 0.326 e. The van der Waals surface area contributed by atoms with Crippen LogP contribution >= 0.6 is 31.9 Å². The van der Waals surface area contributed by atoms with E-state index in [1.807, 2.05) is 0 Å². The molecule has 1 aromatic rings. The Balaban J connectivity index is 1.33. The number of carbonyl (C=O) groups excluding carboxylic acids is 4. The molecule has 1 aliphatic heterocycles. The van der Waals surface area contributed by atoms with Gasteiger partial charge in [0, 0.05) is 15.7 Å². The van der Waals surface area contributed by atoms with E-state index in [-0.39, 0.29) is 33.3 Å². The maximum absolute atomic E-state index is 12.8. The van der Waals surface area contributed by atoms with Crippen LogP contribution in [-0.2, 0) is 23.9 Å². The van der Waals surface area contributed by atoms with E-state index in [1.165, 1.54) is 14.2 Å². The minimum atomic E-state index is -0.822. The quantitative estimate of drug-likeness (QED) is 0.301. The maximum Gasteiger partial charge on any atom is 0.326 e. The topological polar surface area (TPSA) is 111 Å². The number of nitrogens with zero attached hydrogens (tertiary/aromatic N) is 1. The summed E-state index contributed by atoms with van der Waals surface area (Å²) in [6.07, 6.45) is 0.810. The molecule has 1 aromatic carbocycles. The number of ether oxygens (including phenoxy) is 3. The molecule has 1 heterocycles. The van der Waals surface area contributed by atoms with E-state index in [2.05, 4.69) is 37.2 Å². The van der Waals surface area contributed by atoms with E-state index >= 15 is 0 Å². The molecule has 1 saturated heterocycles. The molecular weight excluding hydrogens is 552 g/mol. The number of benzene rings is 1. The summed E-state index contributed by atoms with van der Waals surface area (Å²) in [7, 11) is 2.95. The third kappa shape index (κ3) is 3.89. The summed E-state index contributed by atoms with van der Waals surface area (Å²) < 4.78 is 15.3. The Morgan fingerprint density at radius 2 is 1.69 bits per heavy atom. The largest absolute Gasteiger partial charge is 0.497 e. The van der Waals surface area contributed by atoms with E-state index in [9.17, 15) is 19.2 Å². The SMILES string of the molecule is COc1ccc(OC)c(NC(=O)COC(=O)CN2C(=O)[C@@H]3[C@H]4C[C@@H]([C@H](Br)[C@@H]4Br)[C@@H]3C2=O)c1. The van der Waals surface area contributed by atoms with Gasteiger partial charge in [-0.05, 0) is 30.4 Å². The highest BCUT2D eigenvalue weighted by molar-refractivity contribution is 9.12. The lowest BCUT2D eigenvalue weighted by atomic mass is 9.81. The van der Waals surface area contributed by atoms with Crippen molar-refractivity contribution in [3.8, 4) is 11.5 Å². The first-order valence-corrected chi connectivity index (χ1v) is 11.9. The molecule has 0 aromatic heterocycles. The minimum absolute atomic E-state index is 0.0652. The molecule has 2 saturated carbocycles. The molecule has 0 spiro atoms. The molecule has 2 bridgehead atoms. The second-order valence-electron chi connectivity index (χ2n) is 8.04. The lowest BCUT2D eigenvalue weighted by molar-refractivity contribution is -0.154. The van der Waals surface area contributed by atoms with Crippen LogP contribution in [0.5, 0.6) is 11.5 Å². The normalized spacial score (nSPS) is 30.3. The molecule has 0 radical (unpaired) electrons. The summed E-state index contributed by atoms with van der Waals surface area (Å²) in [5, 5.41) is 2.59. The molecule has 3 fully saturated rings. The number of likely N-dealkylation sites (tertiary alicyclic amines) is 1. The molecule has 32 heavy (non-hydrogen) atoms. The first-order chi connectivity index (χ1) is 15.3. The molecule has 0 unspecified atom stereocenters. The lowest BCUT2D eigenvalue weighted by Gasteiger charge is -2.28. The van der Waals surface area contributed by atoms with Crippen LogP contribution in [-0.4, -0.2) is 65.6 Å². The Hall–Kier alpha value is -2.14. The number of fused-ring (bicyclic) bond motifs is 5. The minimum Gasteiger partial charge on any atom is -0.497 e. The van der Waals surface area contributed by atoms with E-state index < -0.39 is 36.9 Å². The van der Waals surface area contributed by atoms with E-state index in [4.69, 9.17) is 14.2 Å². The Kier molecular flexibility index (Phi) is 6.49. The number of amides is 3. The summed E-state index contributed by atoms with van der Waals surface area (Å²) in [4.78, 5) is 51.4. The van der Waals surface area contributed by atoms with Crippen molar-refractivity contribution in [1.82, 2.24) is 4.90 Å². The molecule has 4 rings (SSSR count). The van der Waals surface area contributed by atoms with Crippen LogP contribution in [0.15, 0.2) is 18.2 Å². The second-order valence-corrected chi connectivity index (χ2v) is 10.2. The Morgan fingerprint density at radius 1 is 1.06 bits per heavy atom. The zero-order valence-electron chi connectivity index (χ0n) is 17.4. The van der Waals surface area contributed by atoms with Crippen molar-refractivity contribution in [3.05, 3.63) is 18.2 Å². The van der Waals surface area contributed by atoms with Crippen molar-refractivity contribution in [1.29, 1.82) is 0 Å². The first kappa shape index (κ1) is 23.0. The average Bonchev–Trinajstić information content (AvgIpc) is 3.38. The van der Waals surface area contributed by atoms with Crippen molar-refractivity contribution in [3.63, 3.8) is 0 Å². The Morgan fingerprint density at radius 3 is 2.25 bits per heavy atom. The van der Waals surface area contributed by atoms with E-state index in [0.717, 1.165) is 11.3 Å². The summed E-state index contributed by atoms with van der Waals surface area (Å²) >= 11 is 7.24. The predicted octanol–water partition coefficient (Wildman–Crippen LogP) is 1.96. The molecule has 2 aliphatic carbocycles. The van der Waals surface area contributed by atoms with Gasteiger partial charge in [0.2, 0.25) is 11.8 Å². The molecule has 9 nitrogen and oxygen atoms in total. The molecule has 3 aliphatic rings. The Bertz CT molecular complexity index is 939. The molecule has 172 valence electrons. The van der Waals surface area contributed by atoms with Crippen LogP contribution in [0.3, 0.4) is 0 Å². The molecule has 3 amide bonds. The van der Waals surface area contributed by atoms with Crippen LogP contribution < -0.4 is 14.8 Å². The van der Waals surface area contributed by atoms with Gasteiger partial charge in [-0.25, -0.2) is 0 Å². The summed E-state index contributed by atoms with van der Waals surface area (Å²) in [5.74, 6) is -1.83. The summed E-state index contributed by atoms with van der Waals surface area (Å²) in [5.41, 5.74) is 0.356. The highest BCUT2D eigenvalue weighted by atomic mass is 79.9. The number of nitrogens with one attached hydrogen (secondary N) is 1. The Labute approximate surface area is 201 Å². The van der Waals surface area contributed by atoms with Gasteiger partial charge in [-0.1, -0.05) is 31.9 Å². The van der Waals surface area contributed by atoms with Gasteiger partial charge < -0.3 is 19.5 Å². The van der Waals surface area contributed by atoms with Crippen LogP contribution in [0.1, 0.15) is 6.42 Å². The maximum atomic E-state index is 12.8. The number of rotatable bonds is 7. The van der Waals surface area contributed by atoms with Crippen molar-refractivity contribution < 1.29 is 33.4 Å². The van der Waals surface area contributed by atoms with Gasteiger partial charge in [0.1, 0.15) is 18.0 Å². The predicted molar refractivity (Wildman–Crippen MR) is 120 cm³/mol. The van der Waals surface area contributed by atoms with E-state index in [0.29, 0.717) is 17.2 Å². The number of esters is 1. The van der Waals surface area contributed by atoms with Crippen molar-refractivity contribution in [2.45, 2.75) is 16.1 Å². The molecular formula is C21H22Br2N2O7. The highest BCUT2D eigenvalue weighted by Crippen LogP contribution is 2.60. The van der Waals surface area contributed by atoms with Crippen molar-refractivity contribution in [2.24, 2.45) is 23.7 Å². The van der Waals surface area contributed by atoms with Gasteiger partial charge in [-0.15, -0.1) is 0 Å². The number of carbonyl (C=O) groups is 4. The van der Waals surface area contributed by atoms with Crippen LogP contribution in [0.4, 0.5) is 5.69 Å². The lowest BCUT2D eigenvalue weighted by Crippen LogP contribution is -2.38. The molecule has 1 N–H and O–H groups in total. The van der Waals surface area contributed by atoms with Crippen LogP contribution in [0.2, 0.25) is 0 Å². The fourth-order valence-corrected chi connectivity index (χ4v) is 6.86. The van der Waals surface area contributed by atoms with Gasteiger partial charge in [-0.3, -0.25) is 24.1 Å². The number of methoxy groups -OCH3 is 2. The van der Waals surface area contributed by atoms with Gasteiger partial charge in [-0.2, -0.15) is 0 Å².